The van der Waals surface area contributed by atoms with Crippen LogP contribution in [0.2, 0.25) is 0 Å². The van der Waals surface area contributed by atoms with E-state index in [1.54, 1.807) is 6.07 Å². The number of urea groups is 1. The quantitative estimate of drug-likeness (QED) is 0.852. The summed E-state index contributed by atoms with van der Waals surface area (Å²) in [6.07, 6.45) is 0.644. The van der Waals surface area contributed by atoms with Crippen molar-refractivity contribution in [2.24, 2.45) is 5.92 Å². The summed E-state index contributed by atoms with van der Waals surface area (Å²) < 4.78 is 13.1. The Balaban J connectivity index is 2.34. The minimum Gasteiger partial charge on any atom is -0.337 e. The SMILES string of the molecule is CCC1CNC(=O)N(c2cccc(F)c2)C1=O. The first kappa shape index (κ1) is 11.6. The van der Waals surface area contributed by atoms with E-state index in [4.69, 9.17) is 0 Å². The Labute approximate surface area is 98.4 Å². The first-order valence-electron chi connectivity index (χ1n) is 5.51. The van der Waals surface area contributed by atoms with Crippen LogP contribution >= 0.6 is 0 Å². The van der Waals surface area contributed by atoms with Crippen LogP contribution in [0, 0.1) is 11.7 Å². The van der Waals surface area contributed by atoms with Gasteiger partial charge >= 0.3 is 6.03 Å². The molecule has 0 aromatic heterocycles. The van der Waals surface area contributed by atoms with E-state index in [1.807, 2.05) is 6.92 Å². The second kappa shape index (κ2) is 4.53. The van der Waals surface area contributed by atoms with Crippen LogP contribution in [0.1, 0.15) is 13.3 Å². The van der Waals surface area contributed by atoms with Crippen molar-refractivity contribution in [3.05, 3.63) is 30.1 Å². The average molecular weight is 236 g/mol. The van der Waals surface area contributed by atoms with Gasteiger partial charge in [-0.3, -0.25) is 4.79 Å². The molecule has 1 aliphatic heterocycles. The van der Waals surface area contributed by atoms with Crippen LogP contribution in [0.4, 0.5) is 14.9 Å². The molecule has 0 bridgehead atoms. The van der Waals surface area contributed by atoms with Crippen LogP contribution in [0.15, 0.2) is 24.3 Å². The number of hydrogen-bond donors (Lipinski definition) is 1. The topological polar surface area (TPSA) is 49.4 Å². The Kier molecular flexibility index (Phi) is 3.08. The maximum Gasteiger partial charge on any atom is 0.328 e. The smallest absolute Gasteiger partial charge is 0.328 e. The summed E-state index contributed by atoms with van der Waals surface area (Å²) >= 11 is 0. The Morgan fingerprint density at radius 2 is 2.24 bits per heavy atom. The molecule has 1 atom stereocenters. The number of amides is 3. The number of benzene rings is 1. The second-order valence-electron chi connectivity index (χ2n) is 3.94. The monoisotopic (exact) mass is 236 g/mol. The summed E-state index contributed by atoms with van der Waals surface area (Å²) in [5, 5.41) is 2.63. The van der Waals surface area contributed by atoms with Crippen molar-refractivity contribution < 1.29 is 14.0 Å². The Hall–Kier alpha value is -1.91. The van der Waals surface area contributed by atoms with Gasteiger partial charge in [-0.05, 0) is 24.6 Å². The van der Waals surface area contributed by atoms with E-state index in [9.17, 15) is 14.0 Å². The summed E-state index contributed by atoms with van der Waals surface area (Å²) in [7, 11) is 0. The van der Waals surface area contributed by atoms with E-state index in [0.717, 1.165) is 4.90 Å². The molecule has 1 aromatic rings. The van der Waals surface area contributed by atoms with Crippen molar-refractivity contribution in [2.75, 3.05) is 11.4 Å². The Morgan fingerprint density at radius 3 is 2.88 bits per heavy atom. The first-order chi connectivity index (χ1) is 8.13. The van der Waals surface area contributed by atoms with Crippen LogP contribution in [0.3, 0.4) is 0 Å². The van der Waals surface area contributed by atoms with Crippen LogP contribution in [-0.2, 0) is 4.79 Å². The molecule has 0 spiro atoms. The first-order valence-corrected chi connectivity index (χ1v) is 5.51. The number of nitrogens with one attached hydrogen (secondary N) is 1. The predicted octanol–water partition coefficient (Wildman–Crippen LogP) is 1.91. The highest BCUT2D eigenvalue weighted by Crippen LogP contribution is 2.21. The maximum atomic E-state index is 13.1. The fourth-order valence-corrected chi connectivity index (χ4v) is 1.84. The third-order valence-electron chi connectivity index (χ3n) is 2.83. The van der Waals surface area contributed by atoms with E-state index in [-0.39, 0.29) is 17.5 Å². The standard InChI is InChI=1S/C12H13FN2O2/c1-2-8-7-14-12(17)15(11(8)16)10-5-3-4-9(13)6-10/h3-6,8H,2,7H2,1H3,(H,14,17). The van der Waals surface area contributed by atoms with Gasteiger partial charge in [-0.2, -0.15) is 0 Å². The highest BCUT2D eigenvalue weighted by Gasteiger charge is 2.34. The fourth-order valence-electron chi connectivity index (χ4n) is 1.84. The number of imide groups is 1. The number of rotatable bonds is 2. The molecular weight excluding hydrogens is 223 g/mol. The van der Waals surface area contributed by atoms with E-state index in [1.165, 1.54) is 18.2 Å². The zero-order valence-electron chi connectivity index (χ0n) is 9.44. The number of carbonyl (C=O) groups excluding carboxylic acids is 2. The molecule has 1 heterocycles. The third kappa shape index (κ3) is 2.13. The van der Waals surface area contributed by atoms with Crippen molar-refractivity contribution in [3.8, 4) is 0 Å². The maximum absolute atomic E-state index is 13.1. The molecule has 5 heteroatoms. The summed E-state index contributed by atoms with van der Waals surface area (Å²) in [6.45, 7) is 2.23. The Morgan fingerprint density at radius 1 is 1.47 bits per heavy atom. The third-order valence-corrected chi connectivity index (χ3v) is 2.83. The molecule has 3 amide bonds. The zero-order valence-corrected chi connectivity index (χ0v) is 9.44. The highest BCUT2D eigenvalue weighted by atomic mass is 19.1. The van der Waals surface area contributed by atoms with Crippen LogP contribution in [0.25, 0.3) is 0 Å². The molecule has 1 N–H and O–H groups in total. The average Bonchev–Trinajstić information content (AvgIpc) is 2.29. The number of nitrogens with zero attached hydrogens (tertiary/aromatic N) is 1. The van der Waals surface area contributed by atoms with Gasteiger partial charge in [0.25, 0.3) is 0 Å². The van der Waals surface area contributed by atoms with Crippen LogP contribution in [0.5, 0.6) is 0 Å². The number of carbonyl (C=O) groups is 2. The van der Waals surface area contributed by atoms with Crippen molar-refractivity contribution in [2.45, 2.75) is 13.3 Å². The molecule has 90 valence electrons. The Bertz CT molecular complexity index is 462. The fraction of sp³-hybridized carbons (Fsp3) is 0.333. The molecule has 1 aliphatic rings. The lowest BCUT2D eigenvalue weighted by atomic mass is 10.0. The van der Waals surface area contributed by atoms with E-state index in [2.05, 4.69) is 5.32 Å². The number of anilines is 1. The van der Waals surface area contributed by atoms with Crippen LogP contribution in [-0.4, -0.2) is 18.5 Å². The summed E-state index contributed by atoms with van der Waals surface area (Å²) in [5.41, 5.74) is 0.269. The molecule has 1 saturated heterocycles. The van der Waals surface area contributed by atoms with Crippen molar-refractivity contribution in [1.82, 2.24) is 5.32 Å². The van der Waals surface area contributed by atoms with E-state index < -0.39 is 11.8 Å². The van der Waals surface area contributed by atoms with E-state index in [0.29, 0.717) is 13.0 Å². The summed E-state index contributed by atoms with van der Waals surface area (Å²) in [4.78, 5) is 24.7. The molecule has 2 rings (SSSR count). The molecule has 1 aromatic carbocycles. The molecular formula is C12H13FN2O2. The van der Waals surface area contributed by atoms with E-state index >= 15 is 0 Å². The van der Waals surface area contributed by atoms with Gasteiger partial charge in [0.1, 0.15) is 5.82 Å². The number of hydrogen-bond acceptors (Lipinski definition) is 2. The van der Waals surface area contributed by atoms with Crippen LogP contribution < -0.4 is 10.2 Å². The highest BCUT2D eigenvalue weighted by molar-refractivity contribution is 6.16. The van der Waals surface area contributed by atoms with Gasteiger partial charge in [-0.1, -0.05) is 13.0 Å². The van der Waals surface area contributed by atoms with Gasteiger partial charge in [0, 0.05) is 6.54 Å². The minimum absolute atomic E-state index is 0.240. The summed E-state index contributed by atoms with van der Waals surface area (Å²) in [6, 6.07) is 4.97. The molecule has 4 nitrogen and oxygen atoms in total. The number of halogens is 1. The lowest BCUT2D eigenvalue weighted by molar-refractivity contribution is -0.122. The van der Waals surface area contributed by atoms with Gasteiger partial charge in [0.2, 0.25) is 5.91 Å². The lowest BCUT2D eigenvalue weighted by Crippen LogP contribution is -2.55. The molecule has 0 aliphatic carbocycles. The summed E-state index contributed by atoms with van der Waals surface area (Å²) in [5.74, 6) is -0.987. The molecule has 0 saturated carbocycles. The van der Waals surface area contributed by atoms with Gasteiger partial charge in [-0.25, -0.2) is 14.1 Å². The normalized spacial score (nSPS) is 20.4. The zero-order chi connectivity index (χ0) is 12.4. The molecule has 1 unspecified atom stereocenters. The molecule has 0 radical (unpaired) electrons. The lowest BCUT2D eigenvalue weighted by Gasteiger charge is -2.30. The van der Waals surface area contributed by atoms with Gasteiger partial charge in [0.15, 0.2) is 0 Å². The predicted molar refractivity (Wildman–Crippen MR) is 61.1 cm³/mol. The van der Waals surface area contributed by atoms with Gasteiger partial charge in [-0.15, -0.1) is 0 Å². The molecule has 1 fully saturated rings. The second-order valence-corrected chi connectivity index (χ2v) is 3.94. The molecule has 17 heavy (non-hydrogen) atoms. The van der Waals surface area contributed by atoms with Crippen molar-refractivity contribution in [3.63, 3.8) is 0 Å². The minimum atomic E-state index is -0.495. The van der Waals surface area contributed by atoms with Gasteiger partial charge < -0.3 is 5.32 Å². The van der Waals surface area contributed by atoms with Crippen molar-refractivity contribution >= 4 is 17.6 Å². The largest absolute Gasteiger partial charge is 0.337 e. The van der Waals surface area contributed by atoms with Crippen molar-refractivity contribution in [1.29, 1.82) is 0 Å². The van der Waals surface area contributed by atoms with Gasteiger partial charge in [0.05, 0.1) is 11.6 Å².